The maximum atomic E-state index is 12.2. The number of halogens is 2. The van der Waals surface area contributed by atoms with Gasteiger partial charge < -0.3 is 5.32 Å². The fourth-order valence-corrected chi connectivity index (χ4v) is 2.29. The first kappa shape index (κ1) is 16.0. The predicted octanol–water partition coefficient (Wildman–Crippen LogP) is 4.32. The van der Waals surface area contributed by atoms with Crippen LogP contribution in [0.15, 0.2) is 53.4 Å². The Morgan fingerprint density at radius 3 is 2.32 bits per heavy atom. The fourth-order valence-electron chi connectivity index (χ4n) is 1.79. The van der Waals surface area contributed by atoms with Crippen molar-refractivity contribution in [2.75, 3.05) is 5.32 Å². The highest BCUT2D eigenvalue weighted by atomic mass is 32.2. The second-order valence-electron chi connectivity index (χ2n) is 4.39. The number of carbonyl (C=O) groups excluding carboxylic acids is 1. The van der Waals surface area contributed by atoms with Crippen molar-refractivity contribution in [2.24, 2.45) is 0 Å². The van der Waals surface area contributed by atoms with E-state index in [-0.39, 0.29) is 5.91 Å². The highest BCUT2D eigenvalue weighted by molar-refractivity contribution is 7.99. The molecule has 0 atom stereocenters. The lowest BCUT2D eigenvalue weighted by atomic mass is 10.1. The second kappa shape index (κ2) is 7.57. The smallest absolute Gasteiger partial charge is 0.288 e. The molecule has 0 fully saturated rings. The van der Waals surface area contributed by atoms with E-state index in [0.717, 1.165) is 5.56 Å². The Balaban J connectivity index is 2.01. The van der Waals surface area contributed by atoms with Gasteiger partial charge in [0.25, 0.3) is 11.7 Å². The summed E-state index contributed by atoms with van der Waals surface area (Å²) >= 11 is 0.438. The summed E-state index contributed by atoms with van der Waals surface area (Å²) < 4.78 is 24.4. The molecule has 0 radical (unpaired) electrons. The largest absolute Gasteiger partial charge is 0.322 e. The van der Waals surface area contributed by atoms with Crippen LogP contribution in [0.4, 0.5) is 14.5 Å². The molecule has 3 nitrogen and oxygen atoms in total. The average Bonchev–Trinajstić information content (AvgIpc) is 2.49. The lowest BCUT2D eigenvalue weighted by molar-refractivity contribution is 0.102. The number of benzene rings is 2. The maximum Gasteiger partial charge on any atom is 0.288 e. The number of nitrogens with one attached hydrogen (secondary N) is 1. The summed E-state index contributed by atoms with van der Waals surface area (Å²) in [5.41, 5.74) is 1.87. The van der Waals surface area contributed by atoms with Gasteiger partial charge in [-0.1, -0.05) is 23.9 Å². The van der Waals surface area contributed by atoms with Gasteiger partial charge in [-0.3, -0.25) is 4.79 Å². The van der Waals surface area contributed by atoms with Gasteiger partial charge in [0, 0.05) is 16.1 Å². The van der Waals surface area contributed by atoms with Gasteiger partial charge in [0.05, 0.1) is 12.5 Å². The average molecular weight is 318 g/mol. The van der Waals surface area contributed by atoms with Gasteiger partial charge in [0.15, 0.2) is 0 Å². The molecule has 0 aromatic heterocycles. The topological polar surface area (TPSA) is 52.9 Å². The fraction of sp³-hybridized carbons (Fsp3) is 0.125. The Morgan fingerprint density at radius 2 is 1.77 bits per heavy atom. The number of alkyl halides is 2. The van der Waals surface area contributed by atoms with Crippen molar-refractivity contribution in [3.8, 4) is 6.07 Å². The monoisotopic (exact) mass is 318 g/mol. The number of amides is 1. The van der Waals surface area contributed by atoms with Crippen LogP contribution in [0, 0.1) is 11.3 Å². The van der Waals surface area contributed by atoms with E-state index in [2.05, 4.69) is 5.32 Å². The normalized spacial score (nSPS) is 10.3. The van der Waals surface area contributed by atoms with Crippen molar-refractivity contribution in [3.63, 3.8) is 0 Å². The van der Waals surface area contributed by atoms with E-state index >= 15 is 0 Å². The summed E-state index contributed by atoms with van der Waals surface area (Å²) in [6.07, 6.45) is 0.317. The van der Waals surface area contributed by atoms with Crippen molar-refractivity contribution in [1.29, 1.82) is 5.26 Å². The van der Waals surface area contributed by atoms with E-state index in [9.17, 15) is 13.6 Å². The molecule has 0 aliphatic carbocycles. The molecule has 0 aliphatic heterocycles. The first-order valence-electron chi connectivity index (χ1n) is 6.40. The molecule has 112 valence electrons. The summed E-state index contributed by atoms with van der Waals surface area (Å²) in [6.45, 7) is 0. The zero-order chi connectivity index (χ0) is 15.9. The van der Waals surface area contributed by atoms with Gasteiger partial charge >= 0.3 is 0 Å². The van der Waals surface area contributed by atoms with Crippen LogP contribution in [0.2, 0.25) is 0 Å². The van der Waals surface area contributed by atoms with Gasteiger partial charge in [0.2, 0.25) is 0 Å². The number of hydrogen-bond donors (Lipinski definition) is 1. The highest BCUT2D eigenvalue weighted by Crippen LogP contribution is 2.25. The molecular formula is C16H12F2N2OS. The third-order valence-corrected chi connectivity index (χ3v) is 3.56. The van der Waals surface area contributed by atoms with Crippen molar-refractivity contribution < 1.29 is 13.6 Å². The third kappa shape index (κ3) is 4.57. The van der Waals surface area contributed by atoms with E-state index in [1.807, 2.05) is 6.07 Å². The summed E-state index contributed by atoms with van der Waals surface area (Å²) in [5.74, 6) is -2.80. The van der Waals surface area contributed by atoms with Crippen molar-refractivity contribution >= 4 is 23.4 Å². The van der Waals surface area contributed by atoms with E-state index in [1.54, 1.807) is 24.3 Å². The maximum absolute atomic E-state index is 12.2. The molecule has 0 unspecified atom stereocenters. The Bertz CT molecular complexity index is 679. The number of hydrogen-bond acceptors (Lipinski definition) is 3. The third-order valence-electron chi connectivity index (χ3n) is 2.84. The molecule has 2 aromatic carbocycles. The number of thioether (sulfide) groups is 1. The molecule has 0 aliphatic rings. The molecule has 2 rings (SSSR count). The van der Waals surface area contributed by atoms with Gasteiger partial charge in [-0.2, -0.15) is 14.0 Å². The van der Waals surface area contributed by atoms with E-state index < -0.39 is 5.76 Å². The molecule has 2 aromatic rings. The standard InChI is InChI=1S/C16H12F2N2OS/c17-16(18)22-14-7-3-12(4-8-14)15(21)20-13-5-1-11(2-6-13)9-10-19/h1-8,16H,9H2,(H,20,21). The number of anilines is 1. The zero-order valence-electron chi connectivity index (χ0n) is 11.4. The summed E-state index contributed by atoms with van der Waals surface area (Å²) in [7, 11) is 0. The molecular weight excluding hydrogens is 306 g/mol. The van der Waals surface area contributed by atoms with Gasteiger partial charge in [-0.15, -0.1) is 0 Å². The Labute approximate surface area is 131 Å². The van der Waals surface area contributed by atoms with Crippen LogP contribution in [0.5, 0.6) is 0 Å². The van der Waals surface area contributed by atoms with Crippen LogP contribution >= 0.6 is 11.8 Å². The van der Waals surface area contributed by atoms with E-state index in [4.69, 9.17) is 5.26 Å². The number of rotatable bonds is 5. The molecule has 0 saturated carbocycles. The van der Waals surface area contributed by atoms with Crippen molar-refractivity contribution in [3.05, 3.63) is 59.7 Å². The van der Waals surface area contributed by atoms with E-state index in [1.165, 1.54) is 24.3 Å². The van der Waals surface area contributed by atoms with Crippen LogP contribution < -0.4 is 5.32 Å². The molecule has 0 bridgehead atoms. The quantitative estimate of drug-likeness (QED) is 0.835. The first-order chi connectivity index (χ1) is 10.6. The Hall–Kier alpha value is -2.39. The van der Waals surface area contributed by atoms with Gasteiger partial charge in [-0.25, -0.2) is 0 Å². The van der Waals surface area contributed by atoms with Gasteiger partial charge in [-0.05, 0) is 42.0 Å². The van der Waals surface area contributed by atoms with Crippen molar-refractivity contribution in [2.45, 2.75) is 17.1 Å². The molecule has 0 saturated heterocycles. The lowest BCUT2D eigenvalue weighted by Gasteiger charge is -2.06. The van der Waals surface area contributed by atoms with Gasteiger partial charge in [0.1, 0.15) is 0 Å². The molecule has 0 spiro atoms. The minimum Gasteiger partial charge on any atom is -0.322 e. The molecule has 22 heavy (non-hydrogen) atoms. The SMILES string of the molecule is N#CCc1ccc(NC(=O)c2ccc(SC(F)F)cc2)cc1. The molecule has 1 N–H and O–H groups in total. The minimum absolute atomic E-state index is 0.317. The zero-order valence-corrected chi connectivity index (χ0v) is 12.2. The summed E-state index contributed by atoms with van der Waals surface area (Å²) in [6, 6.07) is 15.0. The van der Waals surface area contributed by atoms with Crippen LogP contribution in [0.25, 0.3) is 0 Å². The van der Waals surface area contributed by atoms with Crippen LogP contribution in [-0.2, 0) is 6.42 Å². The number of nitrogens with zero attached hydrogens (tertiary/aromatic N) is 1. The Kier molecular flexibility index (Phi) is 5.50. The predicted molar refractivity (Wildman–Crippen MR) is 82.0 cm³/mol. The van der Waals surface area contributed by atoms with Crippen LogP contribution in [-0.4, -0.2) is 11.7 Å². The molecule has 6 heteroatoms. The summed E-state index contributed by atoms with van der Waals surface area (Å²) in [4.78, 5) is 12.4. The van der Waals surface area contributed by atoms with Crippen LogP contribution in [0.3, 0.4) is 0 Å². The highest BCUT2D eigenvalue weighted by Gasteiger charge is 2.08. The molecule has 1 amide bonds. The molecule has 0 heterocycles. The number of nitriles is 1. The van der Waals surface area contributed by atoms with Crippen LogP contribution in [0.1, 0.15) is 15.9 Å². The first-order valence-corrected chi connectivity index (χ1v) is 7.28. The number of carbonyl (C=O) groups is 1. The van der Waals surface area contributed by atoms with E-state index in [0.29, 0.717) is 34.3 Å². The Morgan fingerprint density at radius 1 is 1.14 bits per heavy atom. The second-order valence-corrected chi connectivity index (χ2v) is 5.45. The summed E-state index contributed by atoms with van der Waals surface area (Å²) in [5, 5.41) is 11.3. The minimum atomic E-state index is -2.48. The lowest BCUT2D eigenvalue weighted by Crippen LogP contribution is -2.11. The van der Waals surface area contributed by atoms with Crippen molar-refractivity contribution in [1.82, 2.24) is 0 Å².